The van der Waals surface area contributed by atoms with Crippen LogP contribution in [0.3, 0.4) is 0 Å². The van der Waals surface area contributed by atoms with Crippen molar-refractivity contribution in [1.29, 1.82) is 0 Å². The first kappa shape index (κ1) is 15.6. The van der Waals surface area contributed by atoms with Gasteiger partial charge in [-0.3, -0.25) is 0 Å². The number of carbonyl (C=O) groups excluding carboxylic acids is 1. The summed E-state index contributed by atoms with van der Waals surface area (Å²) < 4.78 is 19.7. The summed E-state index contributed by atoms with van der Waals surface area (Å²) in [6.45, 7) is 4.20. The van der Waals surface area contributed by atoms with Crippen molar-refractivity contribution < 1.29 is 13.6 Å². The highest BCUT2D eigenvalue weighted by atomic mass is 79.9. The van der Waals surface area contributed by atoms with E-state index in [1.54, 1.807) is 12.1 Å². The minimum Gasteiger partial charge on any atom is -0.466 e. The minimum atomic E-state index is -0.354. The van der Waals surface area contributed by atoms with E-state index in [0.717, 1.165) is 21.6 Å². The molecule has 2 rings (SSSR count). The van der Waals surface area contributed by atoms with Crippen LogP contribution in [0.15, 0.2) is 33.2 Å². The lowest BCUT2D eigenvalue weighted by molar-refractivity contribution is 0.240. The van der Waals surface area contributed by atoms with Gasteiger partial charge in [0.15, 0.2) is 0 Å². The second kappa shape index (κ2) is 6.76. The van der Waals surface area contributed by atoms with Crippen LogP contribution in [0, 0.1) is 19.7 Å². The van der Waals surface area contributed by atoms with Crippen LogP contribution >= 0.6 is 15.9 Å². The molecule has 1 aromatic carbocycles. The lowest BCUT2D eigenvalue weighted by atomic mass is 10.2. The van der Waals surface area contributed by atoms with Gasteiger partial charge in [-0.1, -0.05) is 15.9 Å². The van der Waals surface area contributed by atoms with E-state index in [-0.39, 0.29) is 18.4 Å². The number of furan rings is 1. The summed E-state index contributed by atoms with van der Waals surface area (Å²) in [5.74, 6) is 1.24. The Morgan fingerprint density at radius 2 is 1.86 bits per heavy atom. The average molecular weight is 355 g/mol. The molecule has 0 aliphatic carbocycles. The molecule has 2 aromatic rings. The second-order valence-electron chi connectivity index (χ2n) is 4.71. The maximum absolute atomic E-state index is 13.5. The zero-order valence-electron chi connectivity index (χ0n) is 11.8. The molecule has 0 spiro atoms. The minimum absolute atomic E-state index is 0.125. The fourth-order valence-corrected chi connectivity index (χ4v) is 2.36. The molecule has 21 heavy (non-hydrogen) atoms. The van der Waals surface area contributed by atoms with Crippen molar-refractivity contribution >= 4 is 22.0 Å². The number of amides is 2. The summed E-state index contributed by atoms with van der Waals surface area (Å²) in [6, 6.07) is 6.13. The van der Waals surface area contributed by atoms with Crippen LogP contribution < -0.4 is 10.6 Å². The number of benzene rings is 1. The highest BCUT2D eigenvalue weighted by Gasteiger charge is 2.08. The van der Waals surface area contributed by atoms with Gasteiger partial charge < -0.3 is 15.1 Å². The molecule has 2 N–H and O–H groups in total. The Labute approximate surface area is 130 Å². The molecule has 0 fully saturated rings. The Morgan fingerprint density at radius 3 is 2.48 bits per heavy atom. The molecular weight excluding hydrogens is 339 g/mol. The standard InChI is InChI=1S/C15H16BrFN2O2/c1-9-5-11(10(2)21-9)7-18-15(20)19-8-12-6-13(16)3-4-14(12)17/h3-6H,7-8H2,1-2H3,(H2,18,19,20). The molecule has 1 aromatic heterocycles. The van der Waals surface area contributed by atoms with Crippen molar-refractivity contribution in [3.05, 3.63) is 57.2 Å². The fourth-order valence-electron chi connectivity index (χ4n) is 1.95. The highest BCUT2D eigenvalue weighted by molar-refractivity contribution is 9.10. The van der Waals surface area contributed by atoms with Crippen molar-refractivity contribution in [2.45, 2.75) is 26.9 Å². The zero-order valence-corrected chi connectivity index (χ0v) is 13.4. The molecule has 0 saturated carbocycles. The molecule has 0 aliphatic rings. The van der Waals surface area contributed by atoms with E-state index >= 15 is 0 Å². The number of hydrogen-bond donors (Lipinski definition) is 2. The Hall–Kier alpha value is -1.82. The summed E-state index contributed by atoms with van der Waals surface area (Å²) in [5.41, 5.74) is 1.35. The Bertz CT molecular complexity index is 655. The molecule has 6 heteroatoms. The first-order chi connectivity index (χ1) is 9.95. The predicted octanol–water partition coefficient (Wildman–Crippen LogP) is 3.80. The van der Waals surface area contributed by atoms with Gasteiger partial charge in [0.25, 0.3) is 0 Å². The van der Waals surface area contributed by atoms with E-state index in [9.17, 15) is 9.18 Å². The normalized spacial score (nSPS) is 10.5. The van der Waals surface area contributed by atoms with Crippen molar-refractivity contribution in [1.82, 2.24) is 10.6 Å². The monoisotopic (exact) mass is 354 g/mol. The lowest BCUT2D eigenvalue weighted by Gasteiger charge is -2.08. The predicted molar refractivity (Wildman–Crippen MR) is 81.4 cm³/mol. The fraction of sp³-hybridized carbons (Fsp3) is 0.267. The smallest absolute Gasteiger partial charge is 0.315 e. The Morgan fingerprint density at radius 1 is 1.19 bits per heavy atom. The quantitative estimate of drug-likeness (QED) is 0.877. The third kappa shape index (κ3) is 4.32. The van der Waals surface area contributed by atoms with Crippen LogP contribution in [-0.4, -0.2) is 6.03 Å². The van der Waals surface area contributed by atoms with E-state index < -0.39 is 0 Å². The van der Waals surface area contributed by atoms with Gasteiger partial charge >= 0.3 is 6.03 Å². The first-order valence-electron chi connectivity index (χ1n) is 6.47. The number of hydrogen-bond acceptors (Lipinski definition) is 2. The summed E-state index contributed by atoms with van der Waals surface area (Å²) in [4.78, 5) is 11.7. The molecule has 0 bridgehead atoms. The zero-order chi connectivity index (χ0) is 15.4. The van der Waals surface area contributed by atoms with Crippen molar-refractivity contribution in [3.63, 3.8) is 0 Å². The van der Waals surface area contributed by atoms with Crippen LogP contribution in [0.1, 0.15) is 22.6 Å². The highest BCUT2D eigenvalue weighted by Crippen LogP contribution is 2.15. The molecule has 0 unspecified atom stereocenters. The number of urea groups is 1. The van der Waals surface area contributed by atoms with Gasteiger partial charge in [0.1, 0.15) is 17.3 Å². The van der Waals surface area contributed by atoms with E-state index in [1.165, 1.54) is 6.07 Å². The molecular formula is C15H16BrFN2O2. The van der Waals surface area contributed by atoms with Gasteiger partial charge in [0.05, 0.1) is 0 Å². The van der Waals surface area contributed by atoms with Gasteiger partial charge in [-0.15, -0.1) is 0 Å². The summed E-state index contributed by atoms with van der Waals surface area (Å²) in [5, 5.41) is 5.34. The molecule has 112 valence electrons. The third-order valence-electron chi connectivity index (χ3n) is 3.03. The number of nitrogens with one attached hydrogen (secondary N) is 2. The lowest BCUT2D eigenvalue weighted by Crippen LogP contribution is -2.34. The number of halogens is 2. The van der Waals surface area contributed by atoms with Gasteiger partial charge in [-0.2, -0.15) is 0 Å². The summed E-state index contributed by atoms with van der Waals surface area (Å²) in [6.07, 6.45) is 0. The van der Waals surface area contributed by atoms with Gasteiger partial charge in [-0.25, -0.2) is 9.18 Å². The molecule has 1 heterocycles. The Balaban J connectivity index is 1.85. The number of carbonyl (C=O) groups is 1. The maximum Gasteiger partial charge on any atom is 0.315 e. The third-order valence-corrected chi connectivity index (χ3v) is 3.52. The van der Waals surface area contributed by atoms with E-state index in [2.05, 4.69) is 26.6 Å². The van der Waals surface area contributed by atoms with E-state index in [4.69, 9.17) is 4.42 Å². The van der Waals surface area contributed by atoms with E-state index in [0.29, 0.717) is 12.1 Å². The van der Waals surface area contributed by atoms with Gasteiger partial charge in [-0.05, 0) is 38.1 Å². The number of aryl methyl sites for hydroxylation is 2. The average Bonchev–Trinajstić information content (AvgIpc) is 2.75. The van der Waals surface area contributed by atoms with Crippen LogP contribution in [0.25, 0.3) is 0 Å². The van der Waals surface area contributed by atoms with Gasteiger partial charge in [0.2, 0.25) is 0 Å². The van der Waals surface area contributed by atoms with Crippen molar-refractivity contribution in [3.8, 4) is 0 Å². The van der Waals surface area contributed by atoms with Gasteiger partial charge in [0, 0.05) is 28.7 Å². The molecule has 0 atom stereocenters. The molecule has 0 radical (unpaired) electrons. The van der Waals surface area contributed by atoms with Crippen molar-refractivity contribution in [2.24, 2.45) is 0 Å². The van der Waals surface area contributed by atoms with Crippen LogP contribution in [0.4, 0.5) is 9.18 Å². The molecule has 0 saturated heterocycles. The second-order valence-corrected chi connectivity index (χ2v) is 5.63. The molecule has 0 aliphatic heterocycles. The number of rotatable bonds is 4. The van der Waals surface area contributed by atoms with Crippen LogP contribution in [0.2, 0.25) is 0 Å². The summed E-state index contributed by atoms with van der Waals surface area (Å²) in [7, 11) is 0. The molecule has 2 amide bonds. The largest absolute Gasteiger partial charge is 0.466 e. The molecule has 4 nitrogen and oxygen atoms in total. The van der Waals surface area contributed by atoms with Crippen molar-refractivity contribution in [2.75, 3.05) is 0 Å². The maximum atomic E-state index is 13.5. The van der Waals surface area contributed by atoms with Crippen LogP contribution in [0.5, 0.6) is 0 Å². The summed E-state index contributed by atoms with van der Waals surface area (Å²) >= 11 is 3.27. The topological polar surface area (TPSA) is 54.3 Å². The first-order valence-corrected chi connectivity index (χ1v) is 7.26. The van der Waals surface area contributed by atoms with Crippen LogP contribution in [-0.2, 0) is 13.1 Å². The van der Waals surface area contributed by atoms with E-state index in [1.807, 2.05) is 19.9 Å². The SMILES string of the molecule is Cc1cc(CNC(=O)NCc2cc(Br)ccc2F)c(C)o1. The Kier molecular flexibility index (Phi) is 5.01.